The van der Waals surface area contributed by atoms with Gasteiger partial charge in [0.1, 0.15) is 0 Å². The van der Waals surface area contributed by atoms with Crippen molar-refractivity contribution < 1.29 is 9.72 Å². The summed E-state index contributed by atoms with van der Waals surface area (Å²) in [5, 5.41) is 10.9. The zero-order valence-corrected chi connectivity index (χ0v) is 13.7. The van der Waals surface area contributed by atoms with Gasteiger partial charge in [-0.25, -0.2) is 0 Å². The Morgan fingerprint density at radius 3 is 2.50 bits per heavy atom. The summed E-state index contributed by atoms with van der Waals surface area (Å²) in [5.74, 6) is 0.285. The first kappa shape index (κ1) is 16.6. The third kappa shape index (κ3) is 4.03. The van der Waals surface area contributed by atoms with Crippen molar-refractivity contribution in [2.45, 2.75) is 33.2 Å². The van der Waals surface area contributed by atoms with Gasteiger partial charge in [0.15, 0.2) is 0 Å². The molecule has 1 unspecified atom stereocenters. The van der Waals surface area contributed by atoms with Crippen molar-refractivity contribution in [2.75, 3.05) is 7.05 Å². The minimum Gasteiger partial charge on any atom is -0.339 e. The third-order valence-electron chi connectivity index (χ3n) is 3.18. The topological polar surface area (TPSA) is 63.5 Å². The van der Waals surface area contributed by atoms with Gasteiger partial charge in [0.05, 0.1) is 9.40 Å². The lowest BCUT2D eigenvalue weighted by Crippen LogP contribution is -2.35. The zero-order chi connectivity index (χ0) is 15.4. The van der Waals surface area contributed by atoms with Crippen molar-refractivity contribution >= 4 is 27.5 Å². The highest BCUT2D eigenvalue weighted by atomic mass is 79.9. The fourth-order valence-electron chi connectivity index (χ4n) is 2.03. The van der Waals surface area contributed by atoms with Crippen LogP contribution in [-0.2, 0) is 0 Å². The minimum atomic E-state index is -0.502. The molecule has 0 saturated carbocycles. The molecule has 0 aliphatic rings. The molecule has 0 saturated heterocycles. The van der Waals surface area contributed by atoms with Crippen LogP contribution < -0.4 is 0 Å². The average Bonchev–Trinajstić information content (AvgIpc) is 2.36. The molecular formula is C14H19BrN2O3. The van der Waals surface area contributed by atoms with E-state index >= 15 is 0 Å². The van der Waals surface area contributed by atoms with Crippen LogP contribution in [0.15, 0.2) is 22.7 Å². The summed E-state index contributed by atoms with van der Waals surface area (Å²) in [6, 6.07) is 4.53. The van der Waals surface area contributed by atoms with Crippen molar-refractivity contribution in [2.24, 2.45) is 5.92 Å². The quantitative estimate of drug-likeness (QED) is 0.602. The van der Waals surface area contributed by atoms with Crippen LogP contribution in [0.5, 0.6) is 0 Å². The predicted octanol–water partition coefficient (Wildman–Crippen LogP) is 3.86. The number of amides is 1. The second-order valence-electron chi connectivity index (χ2n) is 5.32. The van der Waals surface area contributed by atoms with E-state index in [0.717, 1.165) is 6.42 Å². The second kappa shape index (κ2) is 6.83. The Hall–Kier alpha value is -1.43. The molecule has 0 N–H and O–H groups in total. The van der Waals surface area contributed by atoms with Gasteiger partial charge >= 0.3 is 0 Å². The van der Waals surface area contributed by atoms with E-state index in [1.807, 2.05) is 6.92 Å². The van der Waals surface area contributed by atoms with Gasteiger partial charge in [-0.2, -0.15) is 0 Å². The SMILES string of the molecule is CC(C)CC(C)N(C)C(=O)c1ccc(Br)c([N+](=O)[O-])c1. The summed E-state index contributed by atoms with van der Waals surface area (Å²) < 4.78 is 0.372. The summed E-state index contributed by atoms with van der Waals surface area (Å²) in [4.78, 5) is 24.4. The number of rotatable bonds is 5. The molecule has 0 heterocycles. The number of nitro groups is 1. The lowest BCUT2D eigenvalue weighted by atomic mass is 10.0. The molecule has 6 heteroatoms. The molecule has 0 aromatic heterocycles. The number of hydrogen-bond donors (Lipinski definition) is 0. The van der Waals surface area contributed by atoms with E-state index in [0.29, 0.717) is 16.0 Å². The van der Waals surface area contributed by atoms with Crippen LogP contribution >= 0.6 is 15.9 Å². The maximum Gasteiger partial charge on any atom is 0.284 e. The molecule has 1 atom stereocenters. The van der Waals surface area contributed by atoms with Gasteiger partial charge in [0, 0.05) is 24.7 Å². The fourth-order valence-corrected chi connectivity index (χ4v) is 2.42. The van der Waals surface area contributed by atoms with Crippen LogP contribution in [0.2, 0.25) is 0 Å². The van der Waals surface area contributed by atoms with E-state index in [2.05, 4.69) is 29.8 Å². The van der Waals surface area contributed by atoms with Gasteiger partial charge in [0.25, 0.3) is 11.6 Å². The zero-order valence-electron chi connectivity index (χ0n) is 12.1. The summed E-state index contributed by atoms with van der Waals surface area (Å²) in [6.45, 7) is 6.17. The van der Waals surface area contributed by atoms with Crippen LogP contribution in [0, 0.1) is 16.0 Å². The molecule has 0 fully saturated rings. The molecule has 1 aromatic rings. The first-order valence-electron chi connectivity index (χ1n) is 6.45. The van der Waals surface area contributed by atoms with Gasteiger partial charge < -0.3 is 4.90 Å². The highest BCUT2D eigenvalue weighted by molar-refractivity contribution is 9.10. The summed E-state index contributed by atoms with van der Waals surface area (Å²) >= 11 is 3.11. The molecule has 0 aliphatic heterocycles. The molecule has 0 radical (unpaired) electrons. The monoisotopic (exact) mass is 342 g/mol. The number of benzene rings is 1. The Labute approximate surface area is 127 Å². The van der Waals surface area contributed by atoms with E-state index in [-0.39, 0.29) is 17.6 Å². The largest absolute Gasteiger partial charge is 0.339 e. The number of nitro benzene ring substituents is 1. The van der Waals surface area contributed by atoms with Gasteiger partial charge in [-0.3, -0.25) is 14.9 Å². The molecule has 1 aromatic carbocycles. The maximum atomic E-state index is 12.3. The van der Waals surface area contributed by atoms with Crippen LogP contribution in [0.25, 0.3) is 0 Å². The van der Waals surface area contributed by atoms with Crippen LogP contribution in [0.4, 0.5) is 5.69 Å². The van der Waals surface area contributed by atoms with E-state index in [9.17, 15) is 14.9 Å². The Morgan fingerprint density at radius 2 is 2.00 bits per heavy atom. The van der Waals surface area contributed by atoms with E-state index < -0.39 is 4.92 Å². The van der Waals surface area contributed by atoms with Gasteiger partial charge in [0.2, 0.25) is 0 Å². The number of carbonyl (C=O) groups is 1. The van der Waals surface area contributed by atoms with Gasteiger partial charge in [-0.05, 0) is 47.3 Å². The first-order valence-corrected chi connectivity index (χ1v) is 7.24. The number of carbonyl (C=O) groups excluding carboxylic acids is 1. The normalized spacial score (nSPS) is 12.3. The molecule has 0 aliphatic carbocycles. The highest BCUT2D eigenvalue weighted by Gasteiger charge is 2.21. The summed E-state index contributed by atoms with van der Waals surface area (Å²) in [6.07, 6.45) is 0.890. The second-order valence-corrected chi connectivity index (χ2v) is 6.17. The Bertz CT molecular complexity index is 517. The lowest BCUT2D eigenvalue weighted by Gasteiger charge is -2.26. The summed E-state index contributed by atoms with van der Waals surface area (Å²) in [5.41, 5.74) is 0.235. The highest BCUT2D eigenvalue weighted by Crippen LogP contribution is 2.26. The Balaban J connectivity index is 2.97. The summed E-state index contributed by atoms with van der Waals surface area (Å²) in [7, 11) is 1.73. The van der Waals surface area contributed by atoms with Crippen LogP contribution in [0.3, 0.4) is 0 Å². The molecule has 110 valence electrons. The molecule has 0 bridgehead atoms. The fraction of sp³-hybridized carbons (Fsp3) is 0.500. The van der Waals surface area contributed by atoms with Crippen molar-refractivity contribution in [3.05, 3.63) is 38.3 Å². The van der Waals surface area contributed by atoms with E-state index in [1.54, 1.807) is 18.0 Å². The molecule has 1 amide bonds. The van der Waals surface area contributed by atoms with Crippen molar-refractivity contribution in [1.82, 2.24) is 4.90 Å². The number of nitrogens with zero attached hydrogens (tertiary/aromatic N) is 2. The van der Waals surface area contributed by atoms with E-state index in [4.69, 9.17) is 0 Å². The molecular weight excluding hydrogens is 324 g/mol. The van der Waals surface area contributed by atoms with E-state index in [1.165, 1.54) is 12.1 Å². The standard InChI is InChI=1S/C14H19BrN2O3/c1-9(2)7-10(3)16(4)14(18)11-5-6-12(15)13(8-11)17(19)20/h5-6,8-10H,7H2,1-4H3. The molecule has 0 spiro atoms. The van der Waals surface area contributed by atoms with Crippen molar-refractivity contribution in [3.63, 3.8) is 0 Å². The molecule has 5 nitrogen and oxygen atoms in total. The predicted molar refractivity (Wildman–Crippen MR) is 81.8 cm³/mol. The molecule has 1 rings (SSSR count). The van der Waals surface area contributed by atoms with Crippen LogP contribution in [-0.4, -0.2) is 28.8 Å². The number of hydrogen-bond acceptors (Lipinski definition) is 3. The third-order valence-corrected chi connectivity index (χ3v) is 3.85. The Kier molecular flexibility index (Phi) is 5.68. The van der Waals surface area contributed by atoms with Gasteiger partial charge in [-0.1, -0.05) is 13.8 Å². The van der Waals surface area contributed by atoms with Crippen LogP contribution in [0.1, 0.15) is 37.6 Å². The van der Waals surface area contributed by atoms with Crippen molar-refractivity contribution in [1.29, 1.82) is 0 Å². The molecule has 20 heavy (non-hydrogen) atoms. The minimum absolute atomic E-state index is 0.0882. The van der Waals surface area contributed by atoms with Crippen molar-refractivity contribution in [3.8, 4) is 0 Å². The lowest BCUT2D eigenvalue weighted by molar-refractivity contribution is -0.385. The van der Waals surface area contributed by atoms with Gasteiger partial charge in [-0.15, -0.1) is 0 Å². The maximum absolute atomic E-state index is 12.3. The number of halogens is 1. The smallest absolute Gasteiger partial charge is 0.284 e. The first-order chi connectivity index (χ1) is 9.23. The average molecular weight is 343 g/mol. The Morgan fingerprint density at radius 1 is 1.40 bits per heavy atom.